The van der Waals surface area contributed by atoms with E-state index in [1.807, 2.05) is 54.6 Å². The first-order valence-corrected chi connectivity index (χ1v) is 10.8. The molecule has 0 bridgehead atoms. The Morgan fingerprint density at radius 1 is 0.824 bits per heavy atom. The second kappa shape index (κ2) is 8.90. The molecule has 0 unspecified atom stereocenters. The molecule has 170 valence electrons. The number of benzene rings is 3. The lowest BCUT2D eigenvalue weighted by Crippen LogP contribution is -2.19. The number of rotatable bonds is 5. The Balaban J connectivity index is 1.70. The van der Waals surface area contributed by atoms with Crippen molar-refractivity contribution in [3.63, 3.8) is 0 Å². The first-order valence-electron chi connectivity index (χ1n) is 10.8. The summed E-state index contributed by atoms with van der Waals surface area (Å²) in [6, 6.07) is 21.2. The van der Waals surface area contributed by atoms with Gasteiger partial charge in [-0.05, 0) is 23.8 Å². The highest BCUT2D eigenvalue weighted by molar-refractivity contribution is 6.18. The summed E-state index contributed by atoms with van der Waals surface area (Å²) in [4.78, 5) is 18.5. The van der Waals surface area contributed by atoms with Gasteiger partial charge in [-0.15, -0.1) is 0 Å². The van der Waals surface area contributed by atoms with Gasteiger partial charge < -0.3 is 18.9 Å². The third-order valence-electron chi connectivity index (χ3n) is 5.87. The van der Waals surface area contributed by atoms with Crippen LogP contribution in [0.5, 0.6) is 17.2 Å². The van der Waals surface area contributed by atoms with Gasteiger partial charge in [0, 0.05) is 22.6 Å². The van der Waals surface area contributed by atoms with Gasteiger partial charge in [-0.1, -0.05) is 48.5 Å². The number of nitrogens with zero attached hydrogens (tertiary/aromatic N) is 1. The quantitative estimate of drug-likeness (QED) is 0.362. The predicted octanol–water partition coefficient (Wildman–Crippen LogP) is 5.68. The molecule has 0 N–H and O–H groups in total. The van der Waals surface area contributed by atoms with E-state index >= 15 is 0 Å². The molecular weight excluding hydrogens is 430 g/mol. The Bertz CT molecular complexity index is 1430. The average Bonchev–Trinajstić information content (AvgIpc) is 2.89. The van der Waals surface area contributed by atoms with E-state index in [4.69, 9.17) is 23.9 Å². The Hall–Kier alpha value is -4.32. The monoisotopic (exact) mass is 453 g/mol. The van der Waals surface area contributed by atoms with Gasteiger partial charge in [0.05, 0.1) is 38.1 Å². The smallest absolute Gasteiger partial charge is 0.230 e. The van der Waals surface area contributed by atoms with Crippen LogP contribution in [0.15, 0.2) is 72.5 Å². The number of carbonyl (C=O) groups excluding carboxylic acids is 1. The van der Waals surface area contributed by atoms with Crippen molar-refractivity contribution in [3.05, 3.63) is 89.3 Å². The third kappa shape index (κ3) is 3.63. The van der Waals surface area contributed by atoms with Crippen molar-refractivity contribution >= 4 is 22.8 Å². The third-order valence-corrected chi connectivity index (χ3v) is 5.87. The SMILES string of the molecule is COc1cc(OC)c(OC)cc1/C=C1/OCc2nc3ccccc3c(-c3ccccc3)c2C1=O. The number of para-hydroxylation sites is 1. The fourth-order valence-corrected chi connectivity index (χ4v) is 4.27. The second-order valence-electron chi connectivity index (χ2n) is 7.77. The lowest BCUT2D eigenvalue weighted by molar-refractivity contribution is 0.0867. The van der Waals surface area contributed by atoms with E-state index in [9.17, 15) is 4.79 Å². The van der Waals surface area contributed by atoms with Crippen molar-refractivity contribution in [2.24, 2.45) is 0 Å². The van der Waals surface area contributed by atoms with Crippen LogP contribution >= 0.6 is 0 Å². The van der Waals surface area contributed by atoms with Gasteiger partial charge in [0.2, 0.25) is 5.78 Å². The predicted molar refractivity (Wildman–Crippen MR) is 130 cm³/mol. The molecule has 1 aromatic heterocycles. The topological polar surface area (TPSA) is 66.9 Å². The first kappa shape index (κ1) is 21.5. The van der Waals surface area contributed by atoms with Crippen LogP contribution < -0.4 is 14.2 Å². The summed E-state index contributed by atoms with van der Waals surface area (Å²) in [5.74, 6) is 1.58. The van der Waals surface area contributed by atoms with Gasteiger partial charge in [0.15, 0.2) is 17.3 Å². The molecule has 4 aromatic rings. The standard InChI is InChI=1S/C28H23NO5/c1-31-22-15-24(33-3)23(32-2)13-18(22)14-25-28(30)27-21(16-34-25)29-20-12-8-7-11-19(20)26(27)17-9-5-4-6-10-17/h4-15H,16H2,1-3H3/b25-14+. The summed E-state index contributed by atoms with van der Waals surface area (Å²) < 4.78 is 22.2. The van der Waals surface area contributed by atoms with Crippen molar-refractivity contribution in [1.82, 2.24) is 4.98 Å². The summed E-state index contributed by atoms with van der Waals surface area (Å²) in [7, 11) is 4.68. The van der Waals surface area contributed by atoms with Crippen LogP contribution in [0.4, 0.5) is 0 Å². The number of pyridine rings is 1. The Labute approximate surface area is 197 Å². The minimum absolute atomic E-state index is 0.188. The molecule has 2 heterocycles. The summed E-state index contributed by atoms with van der Waals surface area (Å²) >= 11 is 0. The lowest BCUT2D eigenvalue weighted by Gasteiger charge is -2.23. The van der Waals surface area contributed by atoms with E-state index in [1.54, 1.807) is 39.5 Å². The molecule has 0 aliphatic carbocycles. The van der Waals surface area contributed by atoms with Crippen molar-refractivity contribution in [2.45, 2.75) is 6.61 Å². The van der Waals surface area contributed by atoms with E-state index in [2.05, 4.69) is 0 Å². The normalized spacial score (nSPS) is 14.0. The molecule has 0 amide bonds. The first-order chi connectivity index (χ1) is 16.6. The zero-order valence-electron chi connectivity index (χ0n) is 19.1. The van der Waals surface area contributed by atoms with E-state index in [-0.39, 0.29) is 18.1 Å². The maximum absolute atomic E-state index is 13.8. The molecule has 1 aliphatic heterocycles. The van der Waals surface area contributed by atoms with Crippen molar-refractivity contribution in [1.29, 1.82) is 0 Å². The van der Waals surface area contributed by atoms with Gasteiger partial charge in [0.25, 0.3) is 0 Å². The Kier molecular flexibility index (Phi) is 5.64. The number of hydrogen-bond donors (Lipinski definition) is 0. The van der Waals surface area contributed by atoms with Crippen molar-refractivity contribution in [3.8, 4) is 28.4 Å². The number of fused-ring (bicyclic) bond motifs is 2. The molecule has 3 aromatic carbocycles. The minimum atomic E-state index is -0.227. The zero-order chi connectivity index (χ0) is 23.7. The van der Waals surface area contributed by atoms with Crippen molar-refractivity contribution in [2.75, 3.05) is 21.3 Å². The number of methoxy groups -OCH3 is 3. The van der Waals surface area contributed by atoms with Crippen LogP contribution in [-0.2, 0) is 11.3 Å². The van der Waals surface area contributed by atoms with Crippen LogP contribution in [0, 0.1) is 0 Å². The van der Waals surface area contributed by atoms with E-state index in [1.165, 1.54) is 0 Å². The molecule has 5 rings (SSSR count). The van der Waals surface area contributed by atoms with Crippen LogP contribution in [0.1, 0.15) is 21.6 Å². The molecule has 1 aliphatic rings. The molecule has 0 saturated heterocycles. The van der Waals surface area contributed by atoms with Gasteiger partial charge in [-0.3, -0.25) is 4.79 Å². The number of aromatic nitrogens is 1. The van der Waals surface area contributed by atoms with Crippen LogP contribution in [0.2, 0.25) is 0 Å². The van der Waals surface area contributed by atoms with E-state index < -0.39 is 0 Å². The number of carbonyl (C=O) groups is 1. The largest absolute Gasteiger partial charge is 0.496 e. The Morgan fingerprint density at radius 2 is 1.50 bits per heavy atom. The fourth-order valence-electron chi connectivity index (χ4n) is 4.27. The molecule has 0 saturated carbocycles. The average molecular weight is 453 g/mol. The fraction of sp³-hybridized carbons (Fsp3) is 0.143. The maximum atomic E-state index is 13.8. The van der Waals surface area contributed by atoms with Crippen LogP contribution in [0.3, 0.4) is 0 Å². The summed E-state index contributed by atoms with van der Waals surface area (Å²) in [6.07, 6.45) is 1.68. The van der Waals surface area contributed by atoms with Gasteiger partial charge >= 0.3 is 0 Å². The minimum Gasteiger partial charge on any atom is -0.496 e. The number of ether oxygens (including phenoxy) is 4. The molecule has 0 radical (unpaired) electrons. The number of hydrogen-bond acceptors (Lipinski definition) is 6. The van der Waals surface area contributed by atoms with Gasteiger partial charge in [0.1, 0.15) is 12.4 Å². The van der Waals surface area contributed by atoms with E-state index in [0.29, 0.717) is 34.1 Å². The molecule has 0 atom stereocenters. The highest BCUT2D eigenvalue weighted by Crippen LogP contribution is 2.39. The number of allylic oxidation sites excluding steroid dienone is 1. The highest BCUT2D eigenvalue weighted by atomic mass is 16.5. The summed E-state index contributed by atoms with van der Waals surface area (Å²) in [6.45, 7) is 0.188. The number of Topliss-reactive ketones (excluding diaryl/α,β-unsaturated/α-hetero) is 1. The van der Waals surface area contributed by atoms with Crippen LogP contribution in [-0.4, -0.2) is 32.1 Å². The maximum Gasteiger partial charge on any atom is 0.230 e. The van der Waals surface area contributed by atoms with E-state index in [0.717, 1.165) is 22.0 Å². The molecule has 0 spiro atoms. The Morgan fingerprint density at radius 3 is 2.24 bits per heavy atom. The second-order valence-corrected chi connectivity index (χ2v) is 7.77. The summed E-state index contributed by atoms with van der Waals surface area (Å²) in [5.41, 5.74) is 4.46. The molecule has 6 nitrogen and oxygen atoms in total. The zero-order valence-corrected chi connectivity index (χ0v) is 19.1. The number of ketones is 1. The van der Waals surface area contributed by atoms with Gasteiger partial charge in [-0.2, -0.15) is 0 Å². The van der Waals surface area contributed by atoms with Crippen LogP contribution in [0.25, 0.3) is 28.1 Å². The molecule has 6 heteroatoms. The highest BCUT2D eigenvalue weighted by Gasteiger charge is 2.30. The van der Waals surface area contributed by atoms with Crippen molar-refractivity contribution < 1.29 is 23.7 Å². The molecule has 34 heavy (non-hydrogen) atoms. The summed E-state index contributed by atoms with van der Waals surface area (Å²) in [5, 5.41) is 0.922. The lowest BCUT2D eigenvalue weighted by atomic mass is 9.90. The molecular formula is C28H23NO5. The molecule has 0 fully saturated rings. The van der Waals surface area contributed by atoms with Gasteiger partial charge in [-0.25, -0.2) is 4.98 Å².